The van der Waals surface area contributed by atoms with E-state index in [1.54, 1.807) is 19.1 Å². The van der Waals surface area contributed by atoms with Crippen LogP contribution in [-0.2, 0) is 0 Å². The van der Waals surface area contributed by atoms with Gasteiger partial charge in [0.2, 0.25) is 0 Å². The molecular formula is C9H8Br2O. The Morgan fingerprint density at radius 1 is 1.25 bits per heavy atom. The largest absolute Gasteiger partial charge is 0.292 e. The van der Waals surface area contributed by atoms with Gasteiger partial charge >= 0.3 is 0 Å². The summed E-state index contributed by atoms with van der Waals surface area (Å²) in [5.74, 6) is 0.0306. The van der Waals surface area contributed by atoms with E-state index in [-0.39, 0.29) is 5.78 Å². The molecule has 0 aliphatic heterocycles. The van der Waals surface area contributed by atoms with Crippen LogP contribution in [0.4, 0.5) is 0 Å². The molecule has 64 valence electrons. The van der Waals surface area contributed by atoms with Crippen molar-refractivity contribution in [1.82, 2.24) is 0 Å². The number of carbonyl (C=O) groups is 1. The van der Waals surface area contributed by atoms with Crippen molar-refractivity contribution >= 4 is 37.6 Å². The van der Waals surface area contributed by atoms with Gasteiger partial charge in [-0.3, -0.25) is 4.79 Å². The molecule has 0 radical (unpaired) electrons. The number of hydrogen-bond donors (Lipinski definition) is 0. The fraction of sp³-hybridized carbons (Fsp3) is 0.222. The van der Waals surface area contributed by atoms with Crippen LogP contribution in [0.5, 0.6) is 0 Å². The lowest BCUT2D eigenvalue weighted by molar-refractivity contribution is 0.0988. The van der Waals surface area contributed by atoms with Crippen molar-refractivity contribution < 1.29 is 4.79 Å². The van der Waals surface area contributed by atoms with E-state index in [1.165, 1.54) is 0 Å². The van der Waals surface area contributed by atoms with Crippen LogP contribution in [0.1, 0.15) is 17.3 Å². The third-order valence-corrected chi connectivity index (χ3v) is 2.15. The Balaban J connectivity index is 2.94. The number of hydrogen-bond acceptors (Lipinski definition) is 1. The van der Waals surface area contributed by atoms with Crippen molar-refractivity contribution in [2.45, 2.75) is 10.2 Å². The van der Waals surface area contributed by atoms with Gasteiger partial charge in [-0.2, -0.15) is 0 Å². The van der Waals surface area contributed by atoms with Crippen molar-refractivity contribution in [3.63, 3.8) is 0 Å². The summed E-state index contributed by atoms with van der Waals surface area (Å²) in [6.07, 6.45) is 0. The molecule has 0 bridgehead atoms. The molecule has 1 aromatic rings. The van der Waals surface area contributed by atoms with Gasteiger partial charge in [0.25, 0.3) is 0 Å². The third-order valence-electron chi connectivity index (χ3n) is 1.43. The first-order chi connectivity index (χ1) is 5.52. The number of benzene rings is 1. The van der Waals surface area contributed by atoms with E-state index in [2.05, 4.69) is 31.9 Å². The van der Waals surface area contributed by atoms with Gasteiger partial charge in [-0.1, -0.05) is 62.2 Å². The van der Waals surface area contributed by atoms with Gasteiger partial charge in [-0.25, -0.2) is 0 Å². The number of carbonyl (C=O) groups excluding carboxylic acids is 1. The molecule has 0 amide bonds. The van der Waals surface area contributed by atoms with E-state index < -0.39 is 3.23 Å². The van der Waals surface area contributed by atoms with Gasteiger partial charge in [0.05, 0.1) is 0 Å². The highest BCUT2D eigenvalue weighted by molar-refractivity contribution is 9.25. The molecule has 1 nitrogen and oxygen atoms in total. The number of ketones is 1. The number of halogens is 2. The number of rotatable bonds is 2. The van der Waals surface area contributed by atoms with Gasteiger partial charge < -0.3 is 0 Å². The minimum atomic E-state index is -0.651. The summed E-state index contributed by atoms with van der Waals surface area (Å²) in [6.45, 7) is 1.77. The van der Waals surface area contributed by atoms with Crippen LogP contribution < -0.4 is 0 Å². The van der Waals surface area contributed by atoms with E-state index in [0.29, 0.717) is 5.56 Å². The van der Waals surface area contributed by atoms with Crippen LogP contribution in [0.3, 0.4) is 0 Å². The Morgan fingerprint density at radius 2 is 1.75 bits per heavy atom. The Kier molecular flexibility index (Phi) is 3.07. The molecule has 12 heavy (non-hydrogen) atoms. The fourth-order valence-electron chi connectivity index (χ4n) is 0.843. The molecule has 0 atom stereocenters. The van der Waals surface area contributed by atoms with Crippen LogP contribution in [0.15, 0.2) is 30.3 Å². The van der Waals surface area contributed by atoms with Crippen molar-refractivity contribution in [3.05, 3.63) is 35.9 Å². The van der Waals surface area contributed by atoms with Gasteiger partial charge in [-0.05, 0) is 6.92 Å². The van der Waals surface area contributed by atoms with Gasteiger partial charge in [0.1, 0.15) is 3.23 Å². The summed E-state index contributed by atoms with van der Waals surface area (Å²) in [5.41, 5.74) is 0.703. The highest BCUT2D eigenvalue weighted by Gasteiger charge is 2.26. The molecule has 0 N–H and O–H groups in total. The molecule has 0 heterocycles. The topological polar surface area (TPSA) is 17.1 Å². The predicted molar refractivity (Wildman–Crippen MR) is 57.0 cm³/mol. The maximum absolute atomic E-state index is 11.6. The van der Waals surface area contributed by atoms with Gasteiger partial charge in [-0.15, -0.1) is 0 Å². The third kappa shape index (κ3) is 2.42. The molecular weight excluding hydrogens is 284 g/mol. The lowest BCUT2D eigenvalue weighted by atomic mass is 10.1. The number of alkyl halides is 2. The standard InChI is InChI=1S/C9H8Br2O/c1-9(10,11)8(12)7-5-3-2-4-6-7/h2-6H,1H3. The van der Waals surface area contributed by atoms with E-state index >= 15 is 0 Å². The molecule has 0 aliphatic rings. The molecule has 1 aromatic carbocycles. The quantitative estimate of drug-likeness (QED) is 0.603. The SMILES string of the molecule is CC(Br)(Br)C(=O)c1ccccc1. The lowest BCUT2D eigenvalue weighted by Crippen LogP contribution is -2.20. The normalized spacial score (nSPS) is 11.2. The molecule has 0 spiro atoms. The summed E-state index contributed by atoms with van der Waals surface area (Å²) in [5, 5.41) is 0. The first-order valence-corrected chi connectivity index (χ1v) is 5.08. The van der Waals surface area contributed by atoms with Crippen molar-refractivity contribution in [2.75, 3.05) is 0 Å². The minimum absolute atomic E-state index is 0.0306. The van der Waals surface area contributed by atoms with Crippen molar-refractivity contribution in [1.29, 1.82) is 0 Å². The van der Waals surface area contributed by atoms with Crippen LogP contribution in [0.2, 0.25) is 0 Å². The monoisotopic (exact) mass is 290 g/mol. The van der Waals surface area contributed by atoms with Crippen molar-refractivity contribution in [2.24, 2.45) is 0 Å². The Labute approximate surface area is 88.4 Å². The highest BCUT2D eigenvalue weighted by Crippen LogP contribution is 2.29. The molecule has 0 fully saturated rings. The summed E-state index contributed by atoms with van der Waals surface area (Å²) < 4.78 is -0.651. The van der Waals surface area contributed by atoms with E-state index in [4.69, 9.17) is 0 Å². The first kappa shape index (κ1) is 9.93. The summed E-state index contributed by atoms with van der Waals surface area (Å²) >= 11 is 6.50. The number of Topliss-reactive ketones (excluding diaryl/α,β-unsaturated/α-hetero) is 1. The second-order valence-corrected chi connectivity index (χ2v) is 6.82. The Hall–Kier alpha value is -0.150. The molecule has 3 heteroatoms. The predicted octanol–water partition coefficient (Wildman–Crippen LogP) is 3.38. The maximum atomic E-state index is 11.6. The molecule has 0 saturated carbocycles. The maximum Gasteiger partial charge on any atom is 0.189 e. The van der Waals surface area contributed by atoms with Crippen molar-refractivity contribution in [3.8, 4) is 0 Å². The Morgan fingerprint density at radius 3 is 2.17 bits per heavy atom. The molecule has 0 unspecified atom stereocenters. The van der Waals surface area contributed by atoms with Gasteiger partial charge in [0.15, 0.2) is 5.78 Å². The van der Waals surface area contributed by atoms with E-state index in [1.807, 2.05) is 18.2 Å². The average Bonchev–Trinajstić information content (AvgIpc) is 2.03. The zero-order chi connectivity index (χ0) is 9.19. The minimum Gasteiger partial charge on any atom is -0.292 e. The van der Waals surface area contributed by atoms with Gasteiger partial charge in [0, 0.05) is 5.56 Å². The molecule has 0 aliphatic carbocycles. The molecule has 0 aromatic heterocycles. The second kappa shape index (κ2) is 3.71. The smallest absolute Gasteiger partial charge is 0.189 e. The first-order valence-electron chi connectivity index (χ1n) is 3.49. The summed E-state index contributed by atoms with van der Waals surface area (Å²) in [7, 11) is 0. The van der Waals surface area contributed by atoms with Crippen LogP contribution in [0, 0.1) is 0 Å². The average molecular weight is 292 g/mol. The fourth-order valence-corrected chi connectivity index (χ4v) is 1.30. The lowest BCUT2D eigenvalue weighted by Gasteiger charge is -2.11. The van der Waals surface area contributed by atoms with Crippen LogP contribution in [0.25, 0.3) is 0 Å². The second-order valence-electron chi connectivity index (χ2n) is 2.58. The van der Waals surface area contributed by atoms with E-state index in [9.17, 15) is 4.79 Å². The Bertz CT molecular complexity index is 274. The van der Waals surface area contributed by atoms with Crippen LogP contribution in [-0.4, -0.2) is 9.02 Å². The summed E-state index contributed by atoms with van der Waals surface area (Å²) in [6, 6.07) is 9.17. The highest BCUT2D eigenvalue weighted by atomic mass is 79.9. The zero-order valence-corrected chi connectivity index (χ0v) is 9.72. The summed E-state index contributed by atoms with van der Waals surface area (Å²) in [4.78, 5) is 11.6. The van der Waals surface area contributed by atoms with Crippen LogP contribution >= 0.6 is 31.9 Å². The molecule has 1 rings (SSSR count). The van der Waals surface area contributed by atoms with E-state index in [0.717, 1.165) is 0 Å². The zero-order valence-electron chi connectivity index (χ0n) is 6.55. The molecule has 0 saturated heterocycles.